The van der Waals surface area contributed by atoms with Gasteiger partial charge in [0.1, 0.15) is 5.75 Å². The molecule has 0 aliphatic carbocycles. The molecule has 7 nitrogen and oxygen atoms in total. The summed E-state index contributed by atoms with van der Waals surface area (Å²) in [5.74, 6) is 0.718. The molecule has 1 aromatic carbocycles. The fourth-order valence-corrected chi connectivity index (χ4v) is 5.60. The van der Waals surface area contributed by atoms with Gasteiger partial charge in [0.2, 0.25) is 0 Å². The molecule has 0 bridgehead atoms. The van der Waals surface area contributed by atoms with Crippen LogP contribution in [-0.4, -0.2) is 29.7 Å². The second-order valence-electron chi connectivity index (χ2n) is 9.55. The standard InChI is InChI=1S/C26H29N5O2/c1-6-26(17-9-7-8-16(12-17)18-10-11-27-15(2)22(18)33-5)19-14-28-31-23(19)29-20-13-25(3,4)30-24(32)21(20)26/h7-12,14,23,29H,6,13H2,1-5H3,(H,30,32). The molecule has 2 aromatic rings. The lowest BCUT2D eigenvalue weighted by atomic mass is 9.62. The van der Waals surface area contributed by atoms with E-state index >= 15 is 0 Å². The van der Waals surface area contributed by atoms with Gasteiger partial charge in [0.05, 0.1) is 30.0 Å². The molecule has 0 saturated carbocycles. The largest absolute Gasteiger partial charge is 0.494 e. The highest BCUT2D eigenvalue weighted by Crippen LogP contribution is 2.51. The van der Waals surface area contributed by atoms with Crippen molar-refractivity contribution in [3.05, 3.63) is 70.8 Å². The van der Waals surface area contributed by atoms with Crippen molar-refractivity contribution in [2.24, 2.45) is 10.2 Å². The Morgan fingerprint density at radius 3 is 2.82 bits per heavy atom. The number of methoxy groups -OCH3 is 1. The van der Waals surface area contributed by atoms with Gasteiger partial charge in [-0.1, -0.05) is 25.1 Å². The Balaban J connectivity index is 1.74. The van der Waals surface area contributed by atoms with Crippen molar-refractivity contribution in [1.82, 2.24) is 15.6 Å². The molecule has 5 rings (SSSR count). The molecule has 33 heavy (non-hydrogen) atoms. The number of carbonyl (C=O) groups excluding carboxylic acids is 1. The summed E-state index contributed by atoms with van der Waals surface area (Å²) >= 11 is 0. The minimum atomic E-state index is -0.624. The first kappa shape index (κ1) is 21.4. The lowest BCUT2D eigenvalue weighted by Crippen LogP contribution is -2.58. The smallest absolute Gasteiger partial charge is 0.250 e. The second kappa shape index (κ2) is 7.54. The zero-order valence-corrected chi connectivity index (χ0v) is 19.7. The van der Waals surface area contributed by atoms with Crippen molar-refractivity contribution in [1.29, 1.82) is 0 Å². The molecule has 2 N–H and O–H groups in total. The van der Waals surface area contributed by atoms with E-state index in [0.29, 0.717) is 12.8 Å². The van der Waals surface area contributed by atoms with Crippen molar-refractivity contribution in [3.63, 3.8) is 0 Å². The van der Waals surface area contributed by atoms with Crippen molar-refractivity contribution < 1.29 is 9.53 Å². The number of aromatic nitrogens is 1. The third-order valence-corrected chi connectivity index (χ3v) is 6.99. The molecule has 0 spiro atoms. The molecule has 2 unspecified atom stereocenters. The molecular formula is C26H29N5O2. The minimum Gasteiger partial charge on any atom is -0.494 e. The van der Waals surface area contributed by atoms with Crippen molar-refractivity contribution >= 4 is 5.91 Å². The van der Waals surface area contributed by atoms with E-state index in [0.717, 1.165) is 45.0 Å². The quantitative estimate of drug-likeness (QED) is 0.726. The van der Waals surface area contributed by atoms with Crippen LogP contribution in [0.1, 0.15) is 44.9 Å². The van der Waals surface area contributed by atoms with Crippen molar-refractivity contribution in [2.45, 2.75) is 57.7 Å². The first-order chi connectivity index (χ1) is 15.8. The molecule has 7 heteroatoms. The van der Waals surface area contributed by atoms with Gasteiger partial charge in [-0.3, -0.25) is 9.78 Å². The molecule has 0 radical (unpaired) electrons. The molecular weight excluding hydrogens is 414 g/mol. The number of nitrogens with zero attached hydrogens (tertiary/aromatic N) is 3. The molecule has 4 heterocycles. The normalized spacial score (nSPS) is 25.1. The average Bonchev–Trinajstić information content (AvgIpc) is 3.25. The Kier molecular flexibility index (Phi) is 4.88. The molecule has 1 aromatic heterocycles. The maximum atomic E-state index is 13.6. The van der Waals surface area contributed by atoms with Crippen LogP contribution in [0.25, 0.3) is 11.1 Å². The lowest BCUT2D eigenvalue weighted by Gasteiger charge is -2.48. The minimum absolute atomic E-state index is 0.0374. The van der Waals surface area contributed by atoms with Crippen LogP contribution in [0.2, 0.25) is 0 Å². The Morgan fingerprint density at radius 2 is 2.06 bits per heavy atom. The fraction of sp³-hybridized carbons (Fsp3) is 0.385. The predicted molar refractivity (Wildman–Crippen MR) is 127 cm³/mol. The van der Waals surface area contributed by atoms with Crippen LogP contribution in [0.15, 0.2) is 69.8 Å². The first-order valence-electron chi connectivity index (χ1n) is 11.3. The number of ether oxygens (including phenoxy) is 1. The topological polar surface area (TPSA) is 88.0 Å². The summed E-state index contributed by atoms with van der Waals surface area (Å²) in [6.45, 7) is 8.16. The summed E-state index contributed by atoms with van der Waals surface area (Å²) in [4.78, 5) is 17.9. The number of hydrogen-bond donors (Lipinski definition) is 2. The van der Waals surface area contributed by atoms with E-state index in [1.54, 1.807) is 13.3 Å². The lowest BCUT2D eigenvalue weighted by molar-refractivity contribution is -0.120. The summed E-state index contributed by atoms with van der Waals surface area (Å²) in [7, 11) is 1.67. The van der Waals surface area contributed by atoms with Crippen LogP contribution >= 0.6 is 0 Å². The number of aryl methyl sites for hydroxylation is 1. The molecule has 3 aliphatic heterocycles. The van der Waals surface area contributed by atoms with Crippen LogP contribution in [0.5, 0.6) is 5.75 Å². The van der Waals surface area contributed by atoms with Crippen LogP contribution in [0.3, 0.4) is 0 Å². The number of fused-ring (bicyclic) bond motifs is 1. The summed E-state index contributed by atoms with van der Waals surface area (Å²) < 4.78 is 5.68. The van der Waals surface area contributed by atoms with Crippen LogP contribution in [0, 0.1) is 6.92 Å². The monoisotopic (exact) mass is 443 g/mol. The molecule has 2 atom stereocenters. The Hall–Kier alpha value is -3.48. The highest BCUT2D eigenvalue weighted by molar-refractivity contribution is 6.00. The second-order valence-corrected chi connectivity index (χ2v) is 9.55. The number of nitrogens with one attached hydrogen (secondary N) is 2. The summed E-state index contributed by atoms with van der Waals surface area (Å²) in [5.41, 5.74) is 5.66. The van der Waals surface area contributed by atoms with Gasteiger partial charge in [-0.25, -0.2) is 0 Å². The van der Waals surface area contributed by atoms with E-state index in [2.05, 4.69) is 51.0 Å². The molecule has 0 fully saturated rings. The van der Waals surface area contributed by atoms with Gasteiger partial charge >= 0.3 is 0 Å². The van der Waals surface area contributed by atoms with Gasteiger partial charge in [0.25, 0.3) is 5.91 Å². The fourth-order valence-electron chi connectivity index (χ4n) is 5.60. The van der Waals surface area contributed by atoms with E-state index in [9.17, 15) is 4.79 Å². The first-order valence-corrected chi connectivity index (χ1v) is 11.3. The van der Waals surface area contributed by atoms with Crippen LogP contribution in [0.4, 0.5) is 0 Å². The molecule has 1 amide bonds. The number of rotatable bonds is 4. The summed E-state index contributed by atoms with van der Waals surface area (Å²) in [6.07, 6.45) is 4.79. The van der Waals surface area contributed by atoms with Gasteiger partial charge in [0.15, 0.2) is 6.17 Å². The average molecular weight is 444 g/mol. The maximum absolute atomic E-state index is 13.6. The zero-order valence-electron chi connectivity index (χ0n) is 19.7. The summed E-state index contributed by atoms with van der Waals surface area (Å²) in [5, 5.41) is 15.4. The van der Waals surface area contributed by atoms with Crippen molar-refractivity contribution in [2.75, 3.05) is 7.11 Å². The zero-order chi connectivity index (χ0) is 23.4. The molecule has 3 aliphatic rings. The third-order valence-electron chi connectivity index (χ3n) is 6.99. The Bertz CT molecular complexity index is 1240. The number of carbonyl (C=O) groups is 1. The van der Waals surface area contributed by atoms with Crippen LogP contribution < -0.4 is 15.4 Å². The van der Waals surface area contributed by atoms with Crippen molar-refractivity contribution in [3.8, 4) is 16.9 Å². The highest BCUT2D eigenvalue weighted by Gasteiger charge is 2.53. The number of pyridine rings is 1. The van der Waals surface area contributed by atoms with E-state index in [4.69, 9.17) is 4.74 Å². The van der Waals surface area contributed by atoms with E-state index < -0.39 is 5.41 Å². The van der Waals surface area contributed by atoms with Crippen LogP contribution in [-0.2, 0) is 10.2 Å². The van der Waals surface area contributed by atoms with Gasteiger partial charge in [-0.2, -0.15) is 10.2 Å². The highest BCUT2D eigenvalue weighted by atomic mass is 16.5. The Labute approximate surface area is 194 Å². The van der Waals surface area contributed by atoms with E-state index in [-0.39, 0.29) is 17.6 Å². The maximum Gasteiger partial charge on any atom is 0.250 e. The third kappa shape index (κ3) is 3.17. The summed E-state index contributed by atoms with van der Waals surface area (Å²) in [6, 6.07) is 10.4. The van der Waals surface area contributed by atoms with Gasteiger partial charge in [0, 0.05) is 35.0 Å². The predicted octanol–water partition coefficient (Wildman–Crippen LogP) is 4.55. The van der Waals surface area contributed by atoms with Gasteiger partial charge in [-0.15, -0.1) is 0 Å². The van der Waals surface area contributed by atoms with E-state index in [1.165, 1.54) is 0 Å². The number of hydrogen-bond acceptors (Lipinski definition) is 6. The van der Waals surface area contributed by atoms with Gasteiger partial charge in [-0.05, 0) is 50.5 Å². The SMILES string of the molecule is CCC1(c2cccc(-c3ccnc(C)c3OC)c2)C2=CN=NC2NC2=C1C(=O)NC(C)(C)C2. The molecule has 170 valence electrons. The Morgan fingerprint density at radius 1 is 1.24 bits per heavy atom. The molecule has 0 saturated heterocycles. The van der Waals surface area contributed by atoms with Gasteiger partial charge < -0.3 is 15.4 Å². The van der Waals surface area contributed by atoms with E-state index in [1.807, 2.05) is 39.1 Å². The number of azo groups is 1. The number of amides is 1. The number of benzene rings is 1.